The molecule has 1 atom stereocenters. The number of nitrogens with zero attached hydrogens (tertiary/aromatic N) is 7. The number of carbonyl (C=O) groups is 2. The van der Waals surface area contributed by atoms with E-state index in [4.69, 9.17) is 0 Å². The van der Waals surface area contributed by atoms with Crippen molar-refractivity contribution in [1.82, 2.24) is 24.5 Å². The number of rotatable bonds is 3. The fourth-order valence-corrected chi connectivity index (χ4v) is 4.40. The summed E-state index contributed by atoms with van der Waals surface area (Å²) in [5, 5.41) is 4.28. The Morgan fingerprint density at radius 3 is 2.55 bits per heavy atom. The van der Waals surface area contributed by atoms with Crippen LogP contribution in [0.4, 0.5) is 11.5 Å². The van der Waals surface area contributed by atoms with Gasteiger partial charge >= 0.3 is 0 Å². The number of anilines is 2. The van der Waals surface area contributed by atoms with Gasteiger partial charge in [-0.1, -0.05) is 17.7 Å². The molecule has 0 spiro atoms. The summed E-state index contributed by atoms with van der Waals surface area (Å²) in [6.45, 7) is 7.04. The van der Waals surface area contributed by atoms with Crippen LogP contribution in [-0.2, 0) is 9.59 Å². The maximum atomic E-state index is 13.1. The number of fused-ring (bicyclic) bond motifs is 1. The first-order chi connectivity index (χ1) is 15.0. The summed E-state index contributed by atoms with van der Waals surface area (Å²) in [7, 11) is 0. The second-order valence-electron chi connectivity index (χ2n) is 8.28. The van der Waals surface area contributed by atoms with Gasteiger partial charge in [-0.2, -0.15) is 14.6 Å². The second kappa shape index (κ2) is 7.64. The zero-order valence-electron chi connectivity index (χ0n) is 17.7. The minimum atomic E-state index is -0.287. The van der Waals surface area contributed by atoms with E-state index in [1.165, 1.54) is 6.33 Å². The minimum Gasteiger partial charge on any atom is -0.353 e. The average Bonchev–Trinajstić information content (AvgIpc) is 3.40. The van der Waals surface area contributed by atoms with E-state index in [0.29, 0.717) is 38.5 Å². The first kappa shape index (κ1) is 19.5. The van der Waals surface area contributed by atoms with Gasteiger partial charge in [0.25, 0.3) is 5.78 Å². The molecule has 2 aliphatic heterocycles. The molecule has 31 heavy (non-hydrogen) atoms. The van der Waals surface area contributed by atoms with Crippen molar-refractivity contribution in [2.24, 2.45) is 5.92 Å². The van der Waals surface area contributed by atoms with Crippen LogP contribution < -0.4 is 9.80 Å². The Balaban J connectivity index is 1.24. The summed E-state index contributed by atoms with van der Waals surface area (Å²) in [6, 6.07) is 9.86. The summed E-state index contributed by atoms with van der Waals surface area (Å²) in [5.41, 5.74) is 2.89. The molecule has 2 saturated heterocycles. The van der Waals surface area contributed by atoms with Gasteiger partial charge in [-0.3, -0.25) is 9.59 Å². The standard InChI is InChI=1S/C22H25N7O2/c1-15-3-5-18(6-4-15)28-13-17(12-20(28)30)21(31)27-9-7-26(8-10-27)19-11-16(2)25-22-23-14-24-29(19)22/h3-6,11,14,17H,7-10,12-13H2,1-2H3. The van der Waals surface area contributed by atoms with E-state index in [9.17, 15) is 9.59 Å². The van der Waals surface area contributed by atoms with Gasteiger partial charge in [0.05, 0.1) is 5.92 Å². The summed E-state index contributed by atoms with van der Waals surface area (Å²) in [4.78, 5) is 40.1. The van der Waals surface area contributed by atoms with Crippen molar-refractivity contribution in [2.75, 3.05) is 42.5 Å². The van der Waals surface area contributed by atoms with E-state index in [0.717, 1.165) is 22.8 Å². The molecule has 0 bridgehead atoms. The van der Waals surface area contributed by atoms with Gasteiger partial charge < -0.3 is 14.7 Å². The Bertz CT molecular complexity index is 1130. The highest BCUT2D eigenvalue weighted by Crippen LogP contribution is 2.27. The highest BCUT2D eigenvalue weighted by molar-refractivity contribution is 6.00. The molecular formula is C22H25N7O2. The maximum Gasteiger partial charge on any atom is 0.254 e. The van der Waals surface area contributed by atoms with Gasteiger partial charge in [-0.05, 0) is 26.0 Å². The summed E-state index contributed by atoms with van der Waals surface area (Å²) in [6.07, 6.45) is 1.78. The van der Waals surface area contributed by atoms with Crippen LogP contribution in [0.25, 0.3) is 5.78 Å². The van der Waals surface area contributed by atoms with Crippen LogP contribution in [0.3, 0.4) is 0 Å². The number of aryl methyl sites for hydroxylation is 2. The van der Waals surface area contributed by atoms with Crippen LogP contribution >= 0.6 is 0 Å². The number of piperazine rings is 1. The predicted octanol–water partition coefficient (Wildman–Crippen LogP) is 1.44. The highest BCUT2D eigenvalue weighted by atomic mass is 16.2. The van der Waals surface area contributed by atoms with Gasteiger partial charge in [-0.25, -0.2) is 4.98 Å². The summed E-state index contributed by atoms with van der Waals surface area (Å²) >= 11 is 0. The Morgan fingerprint density at radius 1 is 1.06 bits per heavy atom. The molecule has 0 aliphatic carbocycles. The number of amides is 2. The molecular weight excluding hydrogens is 394 g/mol. The van der Waals surface area contributed by atoms with Crippen molar-refractivity contribution in [2.45, 2.75) is 20.3 Å². The molecule has 5 rings (SSSR count). The number of hydrogen-bond donors (Lipinski definition) is 0. The molecule has 2 amide bonds. The summed E-state index contributed by atoms with van der Waals surface area (Å²) in [5.74, 6) is 1.31. The third-order valence-electron chi connectivity index (χ3n) is 6.10. The SMILES string of the molecule is Cc1ccc(N2CC(C(=O)N3CCN(c4cc(C)nc5ncnn45)CC3)CC2=O)cc1. The Labute approximate surface area is 180 Å². The topological polar surface area (TPSA) is 86.9 Å². The van der Waals surface area contributed by atoms with E-state index in [1.807, 2.05) is 49.1 Å². The molecule has 2 aromatic heterocycles. The molecule has 0 radical (unpaired) electrons. The first-order valence-corrected chi connectivity index (χ1v) is 10.6. The zero-order valence-corrected chi connectivity index (χ0v) is 17.7. The lowest BCUT2D eigenvalue weighted by atomic mass is 10.1. The summed E-state index contributed by atoms with van der Waals surface area (Å²) < 4.78 is 1.74. The lowest BCUT2D eigenvalue weighted by molar-refractivity contribution is -0.136. The molecule has 2 fully saturated rings. The van der Waals surface area contributed by atoms with Gasteiger partial charge in [-0.15, -0.1) is 0 Å². The van der Waals surface area contributed by atoms with Crippen molar-refractivity contribution in [3.8, 4) is 0 Å². The molecule has 1 unspecified atom stereocenters. The quantitative estimate of drug-likeness (QED) is 0.639. The van der Waals surface area contributed by atoms with Crippen LogP contribution in [-0.4, -0.2) is 69.0 Å². The second-order valence-corrected chi connectivity index (χ2v) is 8.28. The molecule has 4 heterocycles. The number of carbonyl (C=O) groups excluding carboxylic acids is 2. The van der Waals surface area contributed by atoms with Crippen LogP contribution in [0, 0.1) is 19.8 Å². The van der Waals surface area contributed by atoms with E-state index in [-0.39, 0.29) is 24.2 Å². The van der Waals surface area contributed by atoms with Crippen molar-refractivity contribution in [3.05, 3.63) is 47.9 Å². The van der Waals surface area contributed by atoms with Crippen LogP contribution in [0.15, 0.2) is 36.7 Å². The maximum absolute atomic E-state index is 13.1. The van der Waals surface area contributed by atoms with E-state index >= 15 is 0 Å². The molecule has 0 N–H and O–H groups in total. The Hall–Kier alpha value is -3.49. The van der Waals surface area contributed by atoms with Crippen molar-refractivity contribution >= 4 is 29.1 Å². The third-order valence-corrected chi connectivity index (χ3v) is 6.10. The first-order valence-electron chi connectivity index (χ1n) is 10.6. The number of hydrogen-bond acceptors (Lipinski definition) is 6. The van der Waals surface area contributed by atoms with E-state index in [2.05, 4.69) is 20.0 Å². The zero-order chi connectivity index (χ0) is 21.5. The van der Waals surface area contributed by atoms with Crippen LogP contribution in [0.1, 0.15) is 17.7 Å². The molecule has 2 aliphatic rings. The monoisotopic (exact) mass is 419 g/mol. The fourth-order valence-electron chi connectivity index (χ4n) is 4.40. The normalized spacial score (nSPS) is 19.5. The van der Waals surface area contributed by atoms with Gasteiger partial charge in [0.15, 0.2) is 0 Å². The van der Waals surface area contributed by atoms with Gasteiger partial charge in [0, 0.05) is 56.6 Å². The fraction of sp³-hybridized carbons (Fsp3) is 0.409. The van der Waals surface area contributed by atoms with Crippen molar-refractivity contribution in [1.29, 1.82) is 0 Å². The molecule has 9 heteroatoms. The predicted molar refractivity (Wildman–Crippen MR) is 116 cm³/mol. The van der Waals surface area contributed by atoms with Crippen molar-refractivity contribution in [3.63, 3.8) is 0 Å². The largest absolute Gasteiger partial charge is 0.353 e. The minimum absolute atomic E-state index is 0.0154. The average molecular weight is 419 g/mol. The molecule has 0 saturated carbocycles. The van der Waals surface area contributed by atoms with Crippen LogP contribution in [0.2, 0.25) is 0 Å². The molecule has 3 aromatic rings. The number of aromatic nitrogens is 4. The van der Waals surface area contributed by atoms with E-state index < -0.39 is 0 Å². The lowest BCUT2D eigenvalue weighted by Gasteiger charge is -2.37. The van der Waals surface area contributed by atoms with Gasteiger partial charge in [0.2, 0.25) is 11.8 Å². The highest BCUT2D eigenvalue weighted by Gasteiger charge is 2.38. The Morgan fingerprint density at radius 2 is 1.81 bits per heavy atom. The van der Waals surface area contributed by atoms with Crippen LogP contribution in [0.5, 0.6) is 0 Å². The molecule has 1 aromatic carbocycles. The molecule has 160 valence electrons. The van der Waals surface area contributed by atoms with E-state index in [1.54, 1.807) is 9.42 Å². The Kier molecular flexibility index (Phi) is 4.80. The smallest absolute Gasteiger partial charge is 0.254 e. The van der Waals surface area contributed by atoms with Crippen molar-refractivity contribution < 1.29 is 9.59 Å². The molecule has 9 nitrogen and oxygen atoms in total. The third kappa shape index (κ3) is 3.60. The lowest BCUT2D eigenvalue weighted by Crippen LogP contribution is -2.51. The number of benzene rings is 1. The van der Waals surface area contributed by atoms with Gasteiger partial charge in [0.1, 0.15) is 12.1 Å².